The van der Waals surface area contributed by atoms with Crippen LogP contribution >= 0.6 is 0 Å². The Balaban J connectivity index is 1.93. The molecule has 0 aromatic rings. The molecule has 0 aromatic carbocycles. The van der Waals surface area contributed by atoms with Crippen LogP contribution in [0.2, 0.25) is 0 Å². The van der Waals surface area contributed by atoms with Crippen molar-refractivity contribution in [2.75, 3.05) is 33.3 Å². The molecule has 0 aromatic heterocycles. The summed E-state index contributed by atoms with van der Waals surface area (Å²) < 4.78 is 5.41. The van der Waals surface area contributed by atoms with Gasteiger partial charge < -0.3 is 14.7 Å². The van der Waals surface area contributed by atoms with Gasteiger partial charge in [0.25, 0.3) is 0 Å². The van der Waals surface area contributed by atoms with E-state index in [1.807, 2.05) is 6.07 Å². The second-order valence-corrected chi connectivity index (χ2v) is 4.70. The topological polar surface area (TPSA) is 76.8 Å². The zero-order valence-electron chi connectivity index (χ0n) is 10.4. The molecule has 2 saturated heterocycles. The summed E-state index contributed by atoms with van der Waals surface area (Å²) in [6, 6.07) is 2.29. The van der Waals surface area contributed by atoms with E-state index < -0.39 is 6.09 Å². The number of carbonyl (C=O) groups is 1. The summed E-state index contributed by atoms with van der Waals surface area (Å²) in [4.78, 5) is 14.6. The maximum atomic E-state index is 10.9. The van der Waals surface area contributed by atoms with Crippen molar-refractivity contribution in [1.82, 2.24) is 9.80 Å². The molecule has 98 valence electrons. The third-order valence-corrected chi connectivity index (χ3v) is 3.65. The highest BCUT2D eigenvalue weighted by Gasteiger charge is 2.38. The first-order valence-electron chi connectivity index (χ1n) is 5.98. The van der Waals surface area contributed by atoms with Crippen LogP contribution in [0.3, 0.4) is 0 Å². The van der Waals surface area contributed by atoms with Gasteiger partial charge in [-0.3, -0.25) is 4.90 Å². The van der Waals surface area contributed by atoms with Crippen LogP contribution in [0.25, 0.3) is 0 Å². The average molecular weight is 251 g/mol. The Morgan fingerprint density at radius 3 is 2.89 bits per heavy atom. The van der Waals surface area contributed by atoms with E-state index in [1.165, 1.54) is 4.90 Å². The summed E-state index contributed by atoms with van der Waals surface area (Å²) in [5.74, 6) is 0. The summed E-state index contributed by atoms with van der Waals surface area (Å²) in [6.45, 7) is 2.56. The molecule has 0 radical (unpaired) electrons. The zero-order chi connectivity index (χ0) is 13.1. The Hall–Kier alpha value is -1.58. The van der Waals surface area contributed by atoms with Crippen molar-refractivity contribution in [2.45, 2.75) is 18.6 Å². The third-order valence-electron chi connectivity index (χ3n) is 3.65. The number of hydrogen-bond donors (Lipinski definition) is 1. The van der Waals surface area contributed by atoms with Crippen LogP contribution in [0, 0.1) is 11.3 Å². The summed E-state index contributed by atoms with van der Waals surface area (Å²) in [6.07, 6.45) is 1.40. The lowest BCUT2D eigenvalue weighted by molar-refractivity contribution is -0.0387. The minimum Gasteiger partial charge on any atom is -0.465 e. The standard InChI is InChI=1S/C12H17N3O3/c1-18-11-8-14(12(16)17)5-3-10(11)15-6-9(7-15)2-4-13/h2,10-11H,3,5-8H2,1H3,(H,16,17)/t10-,11+/m1/s1. The quantitative estimate of drug-likeness (QED) is 0.724. The lowest BCUT2D eigenvalue weighted by Crippen LogP contribution is -2.59. The summed E-state index contributed by atoms with van der Waals surface area (Å²) >= 11 is 0. The van der Waals surface area contributed by atoms with Crippen LogP contribution < -0.4 is 0 Å². The highest BCUT2D eigenvalue weighted by molar-refractivity contribution is 5.65. The molecule has 2 aliphatic heterocycles. The highest BCUT2D eigenvalue weighted by atomic mass is 16.5. The molecule has 0 saturated carbocycles. The number of likely N-dealkylation sites (tertiary alicyclic amines) is 2. The summed E-state index contributed by atoms with van der Waals surface area (Å²) in [5.41, 5.74) is 1.13. The molecule has 18 heavy (non-hydrogen) atoms. The number of amides is 1. The lowest BCUT2D eigenvalue weighted by atomic mass is 9.95. The predicted octanol–water partition coefficient (Wildman–Crippen LogP) is 0.519. The number of carboxylic acid groups (broad SMARTS) is 1. The Labute approximate surface area is 106 Å². The molecule has 2 atom stereocenters. The van der Waals surface area contributed by atoms with E-state index >= 15 is 0 Å². The van der Waals surface area contributed by atoms with Crippen molar-refractivity contribution < 1.29 is 14.6 Å². The van der Waals surface area contributed by atoms with Crippen molar-refractivity contribution >= 4 is 6.09 Å². The monoisotopic (exact) mass is 251 g/mol. The second-order valence-electron chi connectivity index (χ2n) is 4.70. The van der Waals surface area contributed by atoms with Gasteiger partial charge >= 0.3 is 6.09 Å². The van der Waals surface area contributed by atoms with Crippen LogP contribution in [0.4, 0.5) is 4.79 Å². The largest absolute Gasteiger partial charge is 0.465 e. The summed E-state index contributed by atoms with van der Waals surface area (Å²) in [5, 5.41) is 17.5. The van der Waals surface area contributed by atoms with Crippen molar-refractivity contribution in [3.05, 3.63) is 11.6 Å². The highest BCUT2D eigenvalue weighted by Crippen LogP contribution is 2.26. The number of nitriles is 1. The number of piperidine rings is 1. The van der Waals surface area contributed by atoms with Gasteiger partial charge in [-0.15, -0.1) is 0 Å². The van der Waals surface area contributed by atoms with Gasteiger partial charge in [-0.2, -0.15) is 5.26 Å². The Morgan fingerprint density at radius 1 is 1.61 bits per heavy atom. The second kappa shape index (κ2) is 5.38. The van der Waals surface area contributed by atoms with Crippen molar-refractivity contribution in [1.29, 1.82) is 5.26 Å². The van der Waals surface area contributed by atoms with Crippen molar-refractivity contribution in [3.63, 3.8) is 0 Å². The fourth-order valence-corrected chi connectivity index (χ4v) is 2.62. The smallest absolute Gasteiger partial charge is 0.407 e. The zero-order valence-corrected chi connectivity index (χ0v) is 10.4. The van der Waals surface area contributed by atoms with Crippen LogP contribution in [0.15, 0.2) is 11.6 Å². The fourth-order valence-electron chi connectivity index (χ4n) is 2.62. The predicted molar refractivity (Wildman–Crippen MR) is 64.1 cm³/mol. The number of methoxy groups -OCH3 is 1. The minimum absolute atomic E-state index is 0.0847. The molecule has 2 aliphatic rings. The van der Waals surface area contributed by atoms with Gasteiger partial charge in [0.2, 0.25) is 0 Å². The number of allylic oxidation sites excluding steroid dienone is 1. The normalized spacial score (nSPS) is 28.4. The molecule has 6 heteroatoms. The van der Waals surface area contributed by atoms with Crippen molar-refractivity contribution in [2.24, 2.45) is 0 Å². The van der Waals surface area contributed by atoms with Crippen LogP contribution in [-0.2, 0) is 4.74 Å². The minimum atomic E-state index is -0.885. The molecule has 2 heterocycles. The van der Waals surface area contributed by atoms with E-state index in [2.05, 4.69) is 4.90 Å². The van der Waals surface area contributed by atoms with E-state index in [4.69, 9.17) is 15.1 Å². The first-order valence-corrected chi connectivity index (χ1v) is 5.98. The fraction of sp³-hybridized carbons (Fsp3) is 0.667. The van der Waals surface area contributed by atoms with E-state index in [-0.39, 0.29) is 12.1 Å². The molecule has 1 amide bonds. The molecule has 1 N–H and O–H groups in total. The van der Waals surface area contributed by atoms with Crippen LogP contribution in [0.5, 0.6) is 0 Å². The van der Waals surface area contributed by atoms with Gasteiger partial charge in [0.05, 0.1) is 18.7 Å². The van der Waals surface area contributed by atoms with Gasteiger partial charge in [-0.05, 0) is 12.0 Å². The van der Waals surface area contributed by atoms with E-state index in [0.717, 1.165) is 25.1 Å². The molecule has 0 aliphatic carbocycles. The van der Waals surface area contributed by atoms with Gasteiger partial charge in [0.15, 0.2) is 0 Å². The molecule has 2 fully saturated rings. The Kier molecular flexibility index (Phi) is 3.84. The number of nitrogens with zero attached hydrogens (tertiary/aromatic N) is 3. The molecule has 0 bridgehead atoms. The molecule has 0 unspecified atom stereocenters. The van der Waals surface area contributed by atoms with Gasteiger partial charge in [-0.1, -0.05) is 0 Å². The maximum absolute atomic E-state index is 10.9. The Bertz CT molecular complexity index is 394. The maximum Gasteiger partial charge on any atom is 0.407 e. The first-order chi connectivity index (χ1) is 8.65. The molecular formula is C12H17N3O3. The Morgan fingerprint density at radius 2 is 2.33 bits per heavy atom. The average Bonchev–Trinajstić information content (AvgIpc) is 2.32. The number of hydrogen-bond acceptors (Lipinski definition) is 4. The van der Waals surface area contributed by atoms with Gasteiger partial charge in [0, 0.05) is 38.9 Å². The summed E-state index contributed by atoms with van der Waals surface area (Å²) in [7, 11) is 1.62. The lowest BCUT2D eigenvalue weighted by Gasteiger charge is -2.47. The molecule has 6 nitrogen and oxygen atoms in total. The van der Waals surface area contributed by atoms with Gasteiger partial charge in [0.1, 0.15) is 0 Å². The number of ether oxygens (including phenoxy) is 1. The molecule has 0 spiro atoms. The van der Waals surface area contributed by atoms with Gasteiger partial charge in [-0.25, -0.2) is 4.79 Å². The van der Waals surface area contributed by atoms with Crippen molar-refractivity contribution in [3.8, 4) is 6.07 Å². The SMILES string of the molecule is CO[C@H]1CN(C(=O)O)CC[C@H]1N1CC(=CC#N)C1. The van der Waals surface area contributed by atoms with E-state index in [0.29, 0.717) is 13.1 Å². The van der Waals surface area contributed by atoms with Crippen LogP contribution in [0.1, 0.15) is 6.42 Å². The first kappa shape index (κ1) is 12.9. The third kappa shape index (κ3) is 2.47. The van der Waals surface area contributed by atoms with Crippen LogP contribution in [-0.4, -0.2) is 66.4 Å². The molecule has 2 rings (SSSR count). The molecular weight excluding hydrogens is 234 g/mol. The van der Waals surface area contributed by atoms with E-state index in [9.17, 15) is 4.79 Å². The van der Waals surface area contributed by atoms with E-state index in [1.54, 1.807) is 13.2 Å². The number of rotatable bonds is 2.